The Labute approximate surface area is 407 Å². The lowest BCUT2D eigenvalue weighted by atomic mass is 9.70. The third-order valence-electron chi connectivity index (χ3n) is 14.2. The average Bonchev–Trinajstić information content (AvgIpc) is 3.51. The average molecular weight is 985 g/mol. The number of methoxy groups -OCH3 is 1. The summed E-state index contributed by atoms with van der Waals surface area (Å²) < 4.78 is 41.0. The number of pyridine rings is 1. The maximum Gasteiger partial charge on any atom is 0.330 e. The number of anilines is 1. The van der Waals surface area contributed by atoms with Crippen molar-refractivity contribution in [2.75, 3.05) is 25.5 Å². The number of carboxylic acids is 1. The molecule has 3 fully saturated rings. The number of fused-ring (bicyclic) bond motifs is 2. The number of benzene rings is 2. The largest absolute Gasteiger partial charge is 0.497 e. The molecule has 17 nitrogen and oxygen atoms in total. The van der Waals surface area contributed by atoms with Crippen LogP contribution in [-0.2, 0) is 31.0 Å². The molecule has 2 aromatic heterocycles. The SMILES string of the molecule is C=CC1C[C@]1(NC(=O)[C@@H]1C[C@@H](Oc2cc(-c3csc(NC(C)C)n3)nc3cc(OC)ccc23)CN1C(=O)[C@@H](NC(=O)N[C@H](CN1Cc2ccccc2S1(=O)=O)C(C)(C)C)C1(C)CCCCC1)C(=O)O. The fourth-order valence-electron chi connectivity index (χ4n) is 9.99. The van der Waals surface area contributed by atoms with E-state index in [4.69, 9.17) is 19.4 Å². The van der Waals surface area contributed by atoms with Gasteiger partial charge < -0.3 is 40.7 Å². The lowest BCUT2D eigenvalue weighted by Crippen LogP contribution is -2.63. The van der Waals surface area contributed by atoms with Crippen molar-refractivity contribution < 1.29 is 42.2 Å². The minimum atomic E-state index is -3.81. The van der Waals surface area contributed by atoms with Crippen LogP contribution < -0.4 is 30.7 Å². The van der Waals surface area contributed by atoms with Crippen LogP contribution in [0, 0.1) is 16.7 Å². The van der Waals surface area contributed by atoms with Gasteiger partial charge in [-0.1, -0.05) is 71.2 Å². The first-order chi connectivity index (χ1) is 32.6. The van der Waals surface area contributed by atoms with Crippen molar-refractivity contribution >= 4 is 61.2 Å². The summed E-state index contributed by atoms with van der Waals surface area (Å²) in [5.41, 5.74) is -0.514. The third-order valence-corrected chi connectivity index (χ3v) is 16.9. The van der Waals surface area contributed by atoms with Crippen molar-refractivity contribution in [1.82, 2.24) is 35.1 Å². The van der Waals surface area contributed by atoms with Crippen molar-refractivity contribution in [3.63, 3.8) is 0 Å². The number of urea groups is 1. The van der Waals surface area contributed by atoms with Gasteiger partial charge in [0.05, 0.1) is 29.8 Å². The first-order valence-electron chi connectivity index (χ1n) is 23.7. The smallest absolute Gasteiger partial charge is 0.330 e. The Balaban J connectivity index is 1.11. The van der Waals surface area contributed by atoms with E-state index in [0.29, 0.717) is 52.2 Å². The number of amides is 4. The Bertz CT molecular complexity index is 2750. The van der Waals surface area contributed by atoms with E-state index in [9.17, 15) is 27.9 Å². The molecular weight excluding hydrogens is 921 g/mol. The number of hydrogen-bond acceptors (Lipinski definition) is 12. The molecule has 8 rings (SSSR count). The molecule has 0 bridgehead atoms. The molecule has 1 unspecified atom stereocenters. The number of aromatic nitrogens is 2. The molecule has 0 spiro atoms. The highest BCUT2D eigenvalue weighted by Gasteiger charge is 2.61. The van der Waals surface area contributed by atoms with Crippen molar-refractivity contribution in [2.45, 2.75) is 134 Å². The summed E-state index contributed by atoms with van der Waals surface area (Å²) in [5.74, 6) is -1.85. The molecule has 4 heterocycles. The Morgan fingerprint density at radius 1 is 1.03 bits per heavy atom. The van der Waals surface area contributed by atoms with Crippen LogP contribution in [0.25, 0.3) is 22.3 Å². The van der Waals surface area contributed by atoms with Gasteiger partial charge in [-0.05, 0) is 67.7 Å². The molecule has 2 aromatic carbocycles. The molecule has 5 N–H and O–H groups in total. The summed E-state index contributed by atoms with van der Waals surface area (Å²) in [6.45, 7) is 15.6. The normalized spacial score (nSPS) is 23.7. The van der Waals surface area contributed by atoms with Crippen LogP contribution in [0.15, 0.2) is 71.5 Å². The second-order valence-electron chi connectivity index (χ2n) is 20.6. The van der Waals surface area contributed by atoms with Crippen LogP contribution in [0.5, 0.6) is 11.5 Å². The van der Waals surface area contributed by atoms with Gasteiger partial charge in [0.2, 0.25) is 21.8 Å². The number of sulfonamides is 1. The number of carboxylic acid groups (broad SMARTS) is 1. The standard InChI is InChI=1S/C50H64N8O9S2/c1-9-31-24-50(31,45(61)62)56-43(59)38-22-33(67-39-23-36(37-28-68-47(53-37)51-29(2)3)52-35-21-32(66-8)17-18-34(35)39)26-58(38)44(60)42(49(7)19-13-10-14-20-49)55-46(63)54-41(48(4,5)6)27-57-25-30-15-11-12-16-40(30)69(57,64)65/h9,11-12,15-18,21,23,28-29,31,33,38,41-42H,1,10,13-14,19-20,22,24-27H2,2-8H3,(H,51,53)(H,56,59)(H,61,62)(H2,54,55,63)/t31?,33-,38+,41-,42-,50-/m1/s1. The molecule has 4 aliphatic rings. The maximum atomic E-state index is 15.5. The fourth-order valence-corrected chi connectivity index (χ4v) is 12.5. The van der Waals surface area contributed by atoms with Crippen LogP contribution in [0.4, 0.5) is 9.93 Å². The molecule has 2 saturated carbocycles. The number of aliphatic carboxylic acids is 1. The Morgan fingerprint density at radius 2 is 1.77 bits per heavy atom. The number of rotatable bonds is 16. The number of ether oxygens (including phenoxy) is 2. The second kappa shape index (κ2) is 19.2. The molecule has 2 aliphatic heterocycles. The minimum absolute atomic E-state index is 0.00885. The van der Waals surface area contributed by atoms with E-state index in [0.717, 1.165) is 24.4 Å². The topological polar surface area (TPSA) is 221 Å². The molecule has 2 aliphatic carbocycles. The van der Waals surface area contributed by atoms with Crippen molar-refractivity contribution in [3.05, 3.63) is 72.1 Å². The van der Waals surface area contributed by atoms with Crippen LogP contribution in [0.3, 0.4) is 0 Å². The molecular formula is C50H64N8O9S2. The zero-order valence-corrected chi connectivity index (χ0v) is 42.0. The molecule has 1 saturated heterocycles. The summed E-state index contributed by atoms with van der Waals surface area (Å²) >= 11 is 1.45. The van der Waals surface area contributed by atoms with Crippen LogP contribution in [0.1, 0.15) is 92.1 Å². The molecule has 69 heavy (non-hydrogen) atoms. The van der Waals surface area contributed by atoms with Crippen LogP contribution in [-0.4, -0.2) is 113 Å². The van der Waals surface area contributed by atoms with E-state index in [1.807, 2.05) is 53.0 Å². The van der Waals surface area contributed by atoms with Crippen LogP contribution in [0.2, 0.25) is 0 Å². The zero-order valence-electron chi connectivity index (χ0n) is 40.3. The molecule has 370 valence electrons. The maximum absolute atomic E-state index is 15.5. The number of nitrogens with one attached hydrogen (secondary N) is 4. The van der Waals surface area contributed by atoms with E-state index in [1.54, 1.807) is 49.6 Å². The molecule has 4 aromatic rings. The minimum Gasteiger partial charge on any atom is -0.497 e. The zero-order chi connectivity index (χ0) is 49.6. The van der Waals surface area contributed by atoms with Gasteiger partial charge in [-0.25, -0.2) is 28.0 Å². The van der Waals surface area contributed by atoms with Gasteiger partial charge in [-0.3, -0.25) is 9.59 Å². The Morgan fingerprint density at radius 3 is 2.42 bits per heavy atom. The van der Waals surface area contributed by atoms with Crippen LogP contribution >= 0.6 is 11.3 Å². The third kappa shape index (κ3) is 10.1. The van der Waals surface area contributed by atoms with E-state index in [-0.39, 0.29) is 43.4 Å². The first kappa shape index (κ1) is 49.6. The summed E-state index contributed by atoms with van der Waals surface area (Å²) in [6.07, 6.45) is 4.73. The Hall–Kier alpha value is -5.79. The monoisotopic (exact) mass is 984 g/mol. The number of likely N-dealkylation sites (tertiary alicyclic amines) is 1. The van der Waals surface area contributed by atoms with Gasteiger partial charge in [0.15, 0.2) is 5.13 Å². The summed E-state index contributed by atoms with van der Waals surface area (Å²) in [5, 5.41) is 25.8. The number of hydrogen-bond donors (Lipinski definition) is 5. The summed E-state index contributed by atoms with van der Waals surface area (Å²) in [7, 11) is -2.25. The first-order valence-corrected chi connectivity index (χ1v) is 26.0. The van der Waals surface area contributed by atoms with Crippen molar-refractivity contribution in [2.24, 2.45) is 16.7 Å². The quantitative estimate of drug-likeness (QED) is 0.0721. The lowest BCUT2D eigenvalue weighted by molar-refractivity contribution is -0.146. The summed E-state index contributed by atoms with van der Waals surface area (Å²) in [4.78, 5) is 68.5. The van der Waals surface area contributed by atoms with Gasteiger partial charge in [0.25, 0.3) is 0 Å². The highest BCUT2D eigenvalue weighted by atomic mass is 32.2. The van der Waals surface area contributed by atoms with Gasteiger partial charge in [-0.2, -0.15) is 4.31 Å². The van der Waals surface area contributed by atoms with Gasteiger partial charge in [0.1, 0.15) is 40.9 Å². The predicted octanol–water partition coefficient (Wildman–Crippen LogP) is 6.94. The number of thiazole rings is 1. The molecule has 4 amide bonds. The highest BCUT2D eigenvalue weighted by molar-refractivity contribution is 7.89. The fraction of sp³-hybridized carbons (Fsp3) is 0.520. The van der Waals surface area contributed by atoms with Crippen molar-refractivity contribution in [3.8, 4) is 22.9 Å². The van der Waals surface area contributed by atoms with Gasteiger partial charge >= 0.3 is 12.0 Å². The second-order valence-corrected chi connectivity index (χ2v) is 23.4. The molecule has 0 radical (unpaired) electrons. The number of nitrogens with zero attached hydrogens (tertiary/aromatic N) is 4. The number of carbonyl (C=O) groups is 4. The predicted molar refractivity (Wildman–Crippen MR) is 263 cm³/mol. The highest BCUT2D eigenvalue weighted by Crippen LogP contribution is 2.46. The van der Waals surface area contributed by atoms with E-state index >= 15 is 4.79 Å². The summed E-state index contributed by atoms with van der Waals surface area (Å²) in [6, 6.07) is 10.6. The molecule has 6 atom stereocenters. The Kier molecular flexibility index (Phi) is 13.8. The van der Waals surface area contributed by atoms with E-state index in [1.165, 1.54) is 26.6 Å². The molecule has 19 heteroatoms. The van der Waals surface area contributed by atoms with Crippen molar-refractivity contribution in [1.29, 1.82) is 0 Å². The van der Waals surface area contributed by atoms with E-state index in [2.05, 4.69) is 27.8 Å². The number of carbonyl (C=O) groups excluding carboxylic acids is 3. The lowest BCUT2D eigenvalue weighted by Gasteiger charge is -2.43. The van der Waals surface area contributed by atoms with E-state index < -0.39 is 80.4 Å². The van der Waals surface area contributed by atoms with Gasteiger partial charge in [-0.15, -0.1) is 17.9 Å². The van der Waals surface area contributed by atoms with Gasteiger partial charge in [0, 0.05) is 60.4 Å².